The molecule has 3 aliphatic rings. The van der Waals surface area contributed by atoms with Crippen molar-refractivity contribution in [3.05, 3.63) is 0 Å². The van der Waals surface area contributed by atoms with Gasteiger partial charge in [-0.2, -0.15) is 0 Å². The molecule has 6 nitrogen and oxygen atoms in total. The molecular weight excluding hydrogens is 282 g/mol. The molecule has 0 atom stereocenters. The van der Waals surface area contributed by atoms with Gasteiger partial charge in [-0.3, -0.25) is 14.6 Å². The predicted molar refractivity (Wildman–Crippen MR) is 82.6 cm³/mol. The zero-order valence-corrected chi connectivity index (χ0v) is 13.5. The number of amides is 2. The molecule has 0 saturated carbocycles. The van der Waals surface area contributed by atoms with Gasteiger partial charge in [-0.25, -0.2) is 0 Å². The van der Waals surface area contributed by atoms with Gasteiger partial charge in [0.15, 0.2) is 0 Å². The molecule has 0 aromatic carbocycles. The minimum absolute atomic E-state index is 0.0274. The molecule has 0 aromatic rings. The molecule has 2 fully saturated rings. The van der Waals surface area contributed by atoms with Crippen LogP contribution in [0.2, 0.25) is 0 Å². The van der Waals surface area contributed by atoms with E-state index in [9.17, 15) is 9.59 Å². The van der Waals surface area contributed by atoms with Crippen LogP contribution in [0.5, 0.6) is 0 Å². The molecular formula is C16H25N3O3. The van der Waals surface area contributed by atoms with E-state index >= 15 is 0 Å². The van der Waals surface area contributed by atoms with Crippen LogP contribution >= 0.6 is 0 Å². The van der Waals surface area contributed by atoms with Crippen molar-refractivity contribution >= 4 is 17.6 Å². The van der Waals surface area contributed by atoms with E-state index in [2.05, 4.69) is 6.92 Å². The largest absolute Gasteiger partial charge is 0.380 e. The fourth-order valence-corrected chi connectivity index (χ4v) is 3.42. The number of likely N-dealkylation sites (N-methyl/N-ethyl adjacent to an activating group) is 1. The highest BCUT2D eigenvalue weighted by Gasteiger charge is 2.49. The van der Waals surface area contributed by atoms with Gasteiger partial charge in [-0.15, -0.1) is 0 Å². The van der Waals surface area contributed by atoms with Gasteiger partial charge in [0, 0.05) is 26.6 Å². The molecule has 0 N–H and O–H groups in total. The Morgan fingerprint density at radius 1 is 1.36 bits per heavy atom. The fourth-order valence-electron chi connectivity index (χ4n) is 3.42. The summed E-state index contributed by atoms with van der Waals surface area (Å²) >= 11 is 0. The van der Waals surface area contributed by atoms with Crippen LogP contribution in [0.15, 0.2) is 4.99 Å². The number of carbonyl (C=O) groups excluding carboxylic acids is 2. The van der Waals surface area contributed by atoms with E-state index in [0.717, 1.165) is 25.1 Å². The number of unbranched alkanes of at least 4 members (excludes halogenated alkanes) is 1. The summed E-state index contributed by atoms with van der Waals surface area (Å²) in [6.45, 7) is 4.48. The van der Waals surface area contributed by atoms with E-state index in [1.807, 2.05) is 11.9 Å². The fraction of sp³-hybridized carbons (Fsp3) is 0.812. The van der Waals surface area contributed by atoms with Crippen molar-refractivity contribution in [1.29, 1.82) is 0 Å². The summed E-state index contributed by atoms with van der Waals surface area (Å²) in [5.41, 5.74) is -0.606. The summed E-state index contributed by atoms with van der Waals surface area (Å²) in [6.07, 6.45) is 4.30. The Morgan fingerprint density at radius 2 is 2.05 bits per heavy atom. The molecule has 2 amide bonds. The zero-order chi connectivity index (χ0) is 15.7. The molecule has 2 saturated heterocycles. The Hall–Kier alpha value is -1.43. The molecule has 0 unspecified atom stereocenters. The summed E-state index contributed by atoms with van der Waals surface area (Å²) < 4.78 is 5.09. The van der Waals surface area contributed by atoms with Gasteiger partial charge in [-0.05, 0) is 19.3 Å². The SMILES string of the molecule is CCCCC1=NC2(CCN(C(=O)C3COC3)CC2)C(=O)N1C. The lowest BCUT2D eigenvalue weighted by atomic mass is 9.87. The molecule has 0 radical (unpaired) electrons. The van der Waals surface area contributed by atoms with Crippen LogP contribution in [0.25, 0.3) is 0 Å². The van der Waals surface area contributed by atoms with Gasteiger partial charge in [0.05, 0.1) is 19.1 Å². The van der Waals surface area contributed by atoms with E-state index in [4.69, 9.17) is 9.73 Å². The first kappa shape index (κ1) is 15.5. The smallest absolute Gasteiger partial charge is 0.255 e. The van der Waals surface area contributed by atoms with Crippen LogP contribution in [0.1, 0.15) is 39.0 Å². The highest BCUT2D eigenvalue weighted by atomic mass is 16.5. The van der Waals surface area contributed by atoms with Gasteiger partial charge in [0.2, 0.25) is 5.91 Å². The van der Waals surface area contributed by atoms with Crippen molar-refractivity contribution in [3.8, 4) is 0 Å². The summed E-state index contributed by atoms with van der Waals surface area (Å²) in [6, 6.07) is 0. The molecule has 1 spiro atoms. The summed E-state index contributed by atoms with van der Waals surface area (Å²) in [5.74, 6) is 1.23. The average molecular weight is 307 g/mol. The summed E-state index contributed by atoms with van der Waals surface area (Å²) in [7, 11) is 1.83. The third-order valence-corrected chi connectivity index (χ3v) is 5.08. The first-order valence-corrected chi connectivity index (χ1v) is 8.31. The second kappa shape index (κ2) is 5.99. The third kappa shape index (κ3) is 2.53. The summed E-state index contributed by atoms with van der Waals surface area (Å²) in [5, 5.41) is 0. The Kier molecular flexibility index (Phi) is 4.21. The van der Waals surface area contributed by atoms with Gasteiger partial charge in [0.1, 0.15) is 11.4 Å². The molecule has 122 valence electrons. The number of carbonyl (C=O) groups is 2. The van der Waals surface area contributed by atoms with E-state index in [-0.39, 0.29) is 17.7 Å². The molecule has 3 aliphatic heterocycles. The Balaban J connectivity index is 1.64. The summed E-state index contributed by atoms with van der Waals surface area (Å²) in [4.78, 5) is 33.3. The van der Waals surface area contributed by atoms with Crippen molar-refractivity contribution in [2.75, 3.05) is 33.4 Å². The normalized spacial score (nSPS) is 24.6. The maximum Gasteiger partial charge on any atom is 0.255 e. The number of nitrogens with zero attached hydrogens (tertiary/aromatic N) is 3. The van der Waals surface area contributed by atoms with Gasteiger partial charge in [-0.1, -0.05) is 13.3 Å². The molecule has 6 heteroatoms. The van der Waals surface area contributed by atoms with Crippen molar-refractivity contribution in [3.63, 3.8) is 0 Å². The Morgan fingerprint density at radius 3 is 2.59 bits per heavy atom. The van der Waals surface area contributed by atoms with Crippen LogP contribution in [0, 0.1) is 5.92 Å². The minimum Gasteiger partial charge on any atom is -0.380 e. The molecule has 0 bridgehead atoms. The lowest BCUT2D eigenvalue weighted by Crippen LogP contribution is -2.53. The van der Waals surface area contributed by atoms with Crippen LogP contribution in [-0.4, -0.2) is 66.3 Å². The maximum atomic E-state index is 12.6. The van der Waals surface area contributed by atoms with Crippen LogP contribution in [-0.2, 0) is 14.3 Å². The predicted octanol–water partition coefficient (Wildman–Crippen LogP) is 1.05. The van der Waals surface area contributed by atoms with E-state index in [1.165, 1.54) is 0 Å². The molecule has 22 heavy (non-hydrogen) atoms. The van der Waals surface area contributed by atoms with Crippen LogP contribution in [0.4, 0.5) is 0 Å². The van der Waals surface area contributed by atoms with E-state index < -0.39 is 5.54 Å². The Labute approximate surface area is 131 Å². The maximum absolute atomic E-state index is 12.6. The monoisotopic (exact) mass is 307 g/mol. The zero-order valence-electron chi connectivity index (χ0n) is 13.5. The standard InChI is InChI=1S/C16H25N3O3/c1-3-4-5-13-17-16(15(21)18(13)2)6-8-19(9-7-16)14(20)12-10-22-11-12/h12H,3-11H2,1-2H3. The van der Waals surface area contributed by atoms with Gasteiger partial charge >= 0.3 is 0 Å². The third-order valence-electron chi connectivity index (χ3n) is 5.08. The number of ether oxygens (including phenoxy) is 1. The average Bonchev–Trinajstić information content (AvgIpc) is 2.69. The number of piperidine rings is 1. The number of hydrogen-bond donors (Lipinski definition) is 0. The van der Waals surface area contributed by atoms with Crippen molar-refractivity contribution in [1.82, 2.24) is 9.80 Å². The quantitative estimate of drug-likeness (QED) is 0.780. The van der Waals surface area contributed by atoms with Gasteiger partial charge < -0.3 is 14.5 Å². The number of likely N-dealkylation sites (tertiary alicyclic amines) is 1. The number of amidine groups is 1. The molecule has 3 rings (SSSR count). The van der Waals surface area contributed by atoms with Crippen molar-refractivity contribution in [2.24, 2.45) is 10.9 Å². The minimum atomic E-state index is -0.606. The van der Waals surface area contributed by atoms with Crippen molar-refractivity contribution < 1.29 is 14.3 Å². The number of rotatable bonds is 4. The van der Waals surface area contributed by atoms with Crippen molar-refractivity contribution in [2.45, 2.75) is 44.6 Å². The van der Waals surface area contributed by atoms with E-state index in [0.29, 0.717) is 39.1 Å². The molecule has 0 aliphatic carbocycles. The highest BCUT2D eigenvalue weighted by Crippen LogP contribution is 2.34. The molecule has 0 aromatic heterocycles. The lowest BCUT2D eigenvalue weighted by molar-refractivity contribution is -0.152. The lowest BCUT2D eigenvalue weighted by Gasteiger charge is -2.39. The van der Waals surface area contributed by atoms with Crippen LogP contribution < -0.4 is 0 Å². The first-order valence-electron chi connectivity index (χ1n) is 8.31. The van der Waals surface area contributed by atoms with Gasteiger partial charge in [0.25, 0.3) is 5.91 Å². The van der Waals surface area contributed by atoms with E-state index in [1.54, 1.807) is 4.90 Å². The number of hydrogen-bond acceptors (Lipinski definition) is 4. The second-order valence-electron chi connectivity index (χ2n) is 6.59. The highest BCUT2D eigenvalue weighted by molar-refractivity contribution is 6.08. The van der Waals surface area contributed by atoms with Crippen LogP contribution in [0.3, 0.4) is 0 Å². The topological polar surface area (TPSA) is 62.2 Å². The first-order chi connectivity index (χ1) is 10.6. The Bertz CT molecular complexity index is 491. The number of aliphatic imine (C=N–C) groups is 1. The molecule has 3 heterocycles. The second-order valence-corrected chi connectivity index (χ2v) is 6.59.